The van der Waals surface area contributed by atoms with Crippen molar-refractivity contribution in [1.82, 2.24) is 20.2 Å². The number of hydrogen-bond donors (Lipinski definition) is 2. The first-order chi connectivity index (χ1) is 13.6. The zero-order valence-electron chi connectivity index (χ0n) is 15.6. The van der Waals surface area contributed by atoms with E-state index in [-0.39, 0.29) is 17.4 Å². The zero-order chi connectivity index (χ0) is 19.9. The molecule has 7 nitrogen and oxygen atoms in total. The minimum Gasteiger partial charge on any atom is -0.335 e. The van der Waals surface area contributed by atoms with Crippen LogP contribution in [0, 0.1) is 0 Å². The Balaban J connectivity index is 1.64. The smallest absolute Gasteiger partial charge is 0.321 e. The van der Waals surface area contributed by atoms with Gasteiger partial charge in [0.25, 0.3) is 5.56 Å². The normalized spacial score (nSPS) is 14.6. The van der Waals surface area contributed by atoms with Crippen LogP contribution in [0.25, 0.3) is 10.9 Å². The summed E-state index contributed by atoms with van der Waals surface area (Å²) >= 11 is 1.12. The minimum absolute atomic E-state index is 0.0139. The van der Waals surface area contributed by atoms with E-state index in [1.807, 2.05) is 6.07 Å². The van der Waals surface area contributed by atoms with Crippen LogP contribution >= 0.6 is 11.8 Å². The van der Waals surface area contributed by atoms with Crippen molar-refractivity contribution in [3.05, 3.63) is 47.3 Å². The van der Waals surface area contributed by atoms with Gasteiger partial charge in [-0.15, -0.1) is 6.58 Å². The van der Waals surface area contributed by atoms with E-state index in [4.69, 9.17) is 0 Å². The molecule has 0 aliphatic heterocycles. The second-order valence-corrected chi connectivity index (χ2v) is 7.70. The van der Waals surface area contributed by atoms with Gasteiger partial charge in [0.2, 0.25) is 5.91 Å². The molecule has 0 saturated heterocycles. The molecule has 1 saturated carbocycles. The van der Waals surface area contributed by atoms with Gasteiger partial charge < -0.3 is 5.32 Å². The Kier molecular flexibility index (Phi) is 6.86. The van der Waals surface area contributed by atoms with Crippen molar-refractivity contribution in [2.24, 2.45) is 0 Å². The summed E-state index contributed by atoms with van der Waals surface area (Å²) in [7, 11) is 0. The number of aromatic nitrogens is 2. The molecule has 28 heavy (non-hydrogen) atoms. The van der Waals surface area contributed by atoms with E-state index < -0.39 is 11.9 Å². The van der Waals surface area contributed by atoms with E-state index >= 15 is 0 Å². The van der Waals surface area contributed by atoms with E-state index in [0.717, 1.165) is 37.4 Å². The Labute approximate surface area is 167 Å². The molecule has 0 bridgehead atoms. The van der Waals surface area contributed by atoms with Gasteiger partial charge in [0.05, 0.1) is 16.7 Å². The minimum atomic E-state index is -0.465. The quantitative estimate of drug-likeness (QED) is 0.442. The number of hydrogen-bond acceptors (Lipinski definition) is 5. The average molecular weight is 401 g/mol. The third-order valence-electron chi connectivity index (χ3n) is 4.66. The molecule has 0 unspecified atom stereocenters. The maximum atomic E-state index is 12.7. The molecular weight excluding hydrogens is 376 g/mol. The summed E-state index contributed by atoms with van der Waals surface area (Å²) in [6.45, 7) is 3.97. The summed E-state index contributed by atoms with van der Waals surface area (Å²) < 4.78 is 1.48. The monoisotopic (exact) mass is 400 g/mol. The number of nitrogens with one attached hydrogen (secondary N) is 2. The van der Waals surface area contributed by atoms with Gasteiger partial charge in [-0.2, -0.15) is 0 Å². The number of amides is 3. The summed E-state index contributed by atoms with van der Waals surface area (Å²) in [6.07, 6.45) is 6.91. The molecule has 1 aliphatic carbocycles. The van der Waals surface area contributed by atoms with Crippen LogP contribution in [0.5, 0.6) is 0 Å². The number of benzene rings is 1. The number of carbonyl (C=O) groups excluding carboxylic acids is 2. The second kappa shape index (κ2) is 9.54. The third-order valence-corrected chi connectivity index (χ3v) is 5.64. The number of fused-ring (bicyclic) bond motifs is 1. The third kappa shape index (κ3) is 5.01. The Hall–Kier alpha value is -2.61. The number of para-hydroxylation sites is 1. The topological polar surface area (TPSA) is 93.1 Å². The molecule has 0 atom stereocenters. The van der Waals surface area contributed by atoms with Crippen LogP contribution in [0.4, 0.5) is 4.79 Å². The molecule has 2 aromatic rings. The molecule has 1 aliphatic rings. The second-order valence-electron chi connectivity index (χ2n) is 6.76. The Morgan fingerprint density at radius 1 is 1.25 bits per heavy atom. The highest BCUT2D eigenvalue weighted by Crippen LogP contribution is 2.18. The van der Waals surface area contributed by atoms with Crippen molar-refractivity contribution in [3.8, 4) is 0 Å². The van der Waals surface area contributed by atoms with Crippen LogP contribution in [0.1, 0.15) is 32.1 Å². The predicted octanol–water partition coefficient (Wildman–Crippen LogP) is 2.83. The molecule has 1 fully saturated rings. The average Bonchev–Trinajstić information content (AvgIpc) is 2.69. The van der Waals surface area contributed by atoms with Gasteiger partial charge >= 0.3 is 6.03 Å². The first-order valence-electron chi connectivity index (χ1n) is 9.42. The van der Waals surface area contributed by atoms with Gasteiger partial charge in [0.15, 0.2) is 5.16 Å². The molecule has 8 heteroatoms. The SMILES string of the molecule is C=CCn1c(SCC(=O)NC(=O)NC2CCCCC2)nc2ccccc2c1=O. The molecule has 3 amide bonds. The summed E-state index contributed by atoms with van der Waals surface area (Å²) in [5, 5.41) is 6.15. The molecular formula is C20H24N4O3S. The molecule has 0 spiro atoms. The van der Waals surface area contributed by atoms with Crippen molar-refractivity contribution >= 4 is 34.6 Å². The molecule has 3 rings (SSSR count). The standard InChI is InChI=1S/C20H24N4O3S/c1-2-12-24-18(26)15-10-6-7-11-16(15)22-20(24)28-13-17(25)23-19(27)21-14-8-4-3-5-9-14/h2,6-7,10-11,14H,1,3-5,8-9,12-13H2,(H2,21,23,25,27). The fourth-order valence-corrected chi connectivity index (χ4v) is 4.12. The highest BCUT2D eigenvalue weighted by Gasteiger charge is 2.18. The first kappa shape index (κ1) is 20.1. The summed E-state index contributed by atoms with van der Waals surface area (Å²) in [5.74, 6) is -0.439. The van der Waals surface area contributed by atoms with Gasteiger partial charge in [-0.1, -0.05) is 49.2 Å². The molecule has 1 aromatic heterocycles. The van der Waals surface area contributed by atoms with E-state index in [1.165, 1.54) is 11.0 Å². The van der Waals surface area contributed by atoms with Gasteiger partial charge in [-0.3, -0.25) is 19.5 Å². The molecule has 148 valence electrons. The molecule has 1 heterocycles. The van der Waals surface area contributed by atoms with Crippen molar-refractivity contribution in [2.45, 2.75) is 49.8 Å². The summed E-state index contributed by atoms with van der Waals surface area (Å²) in [5.41, 5.74) is 0.397. The van der Waals surface area contributed by atoms with E-state index in [2.05, 4.69) is 22.2 Å². The Bertz CT molecular complexity index is 935. The van der Waals surface area contributed by atoms with Gasteiger partial charge in [0.1, 0.15) is 0 Å². The Morgan fingerprint density at radius 2 is 2.00 bits per heavy atom. The lowest BCUT2D eigenvalue weighted by molar-refractivity contribution is -0.117. The fraction of sp³-hybridized carbons (Fsp3) is 0.400. The van der Waals surface area contributed by atoms with Crippen LogP contribution in [-0.2, 0) is 11.3 Å². The lowest BCUT2D eigenvalue weighted by Gasteiger charge is -2.22. The number of urea groups is 1. The first-order valence-corrected chi connectivity index (χ1v) is 10.4. The van der Waals surface area contributed by atoms with Crippen molar-refractivity contribution < 1.29 is 9.59 Å². The van der Waals surface area contributed by atoms with Crippen molar-refractivity contribution in [2.75, 3.05) is 5.75 Å². The maximum Gasteiger partial charge on any atom is 0.321 e. The van der Waals surface area contributed by atoms with E-state index in [0.29, 0.717) is 22.6 Å². The molecule has 2 N–H and O–H groups in total. The lowest BCUT2D eigenvalue weighted by atomic mass is 9.96. The molecule has 0 radical (unpaired) electrons. The summed E-state index contributed by atoms with van der Waals surface area (Å²) in [4.78, 5) is 41.3. The number of nitrogens with zero attached hydrogens (tertiary/aromatic N) is 2. The van der Waals surface area contributed by atoms with Crippen LogP contribution in [0.2, 0.25) is 0 Å². The Morgan fingerprint density at radius 3 is 2.75 bits per heavy atom. The predicted molar refractivity (Wildman–Crippen MR) is 110 cm³/mol. The van der Waals surface area contributed by atoms with Crippen LogP contribution < -0.4 is 16.2 Å². The van der Waals surface area contributed by atoms with Gasteiger partial charge in [0, 0.05) is 12.6 Å². The van der Waals surface area contributed by atoms with E-state index in [9.17, 15) is 14.4 Å². The highest BCUT2D eigenvalue weighted by molar-refractivity contribution is 7.99. The zero-order valence-corrected chi connectivity index (χ0v) is 16.5. The van der Waals surface area contributed by atoms with Crippen LogP contribution in [0.3, 0.4) is 0 Å². The van der Waals surface area contributed by atoms with Crippen LogP contribution in [-0.4, -0.2) is 33.3 Å². The van der Waals surface area contributed by atoms with Gasteiger partial charge in [-0.25, -0.2) is 9.78 Å². The fourth-order valence-electron chi connectivity index (χ4n) is 3.31. The summed E-state index contributed by atoms with van der Waals surface area (Å²) in [6, 6.07) is 6.75. The maximum absolute atomic E-state index is 12.7. The number of rotatable bonds is 6. The largest absolute Gasteiger partial charge is 0.335 e. The lowest BCUT2D eigenvalue weighted by Crippen LogP contribution is -2.45. The number of allylic oxidation sites excluding steroid dienone is 1. The van der Waals surface area contributed by atoms with Crippen LogP contribution in [0.15, 0.2) is 46.9 Å². The number of imide groups is 1. The van der Waals surface area contributed by atoms with Crippen molar-refractivity contribution in [3.63, 3.8) is 0 Å². The van der Waals surface area contributed by atoms with E-state index in [1.54, 1.807) is 24.3 Å². The van der Waals surface area contributed by atoms with Gasteiger partial charge in [-0.05, 0) is 25.0 Å². The van der Waals surface area contributed by atoms with Crippen molar-refractivity contribution in [1.29, 1.82) is 0 Å². The molecule has 1 aromatic carbocycles. The highest BCUT2D eigenvalue weighted by atomic mass is 32.2. The number of thioether (sulfide) groups is 1. The number of carbonyl (C=O) groups is 2.